The minimum atomic E-state index is -1.39. The average Bonchev–Trinajstić information content (AvgIpc) is 3.30. The van der Waals surface area contributed by atoms with Crippen LogP contribution in [-0.2, 0) is 27.5 Å². The molecule has 6 aromatic carbocycles. The Morgan fingerprint density at radius 3 is 2.14 bits per heavy atom. The molecule has 3 aliphatic rings. The van der Waals surface area contributed by atoms with Crippen molar-refractivity contribution in [2.45, 2.75) is 147 Å². The van der Waals surface area contributed by atoms with E-state index in [1.54, 1.807) is 6.08 Å². The molecule has 9 rings (SSSR count). The molecule has 9 heteroatoms. The summed E-state index contributed by atoms with van der Waals surface area (Å²) in [4.78, 5) is 24.2. The number of fused-ring (bicyclic) bond motifs is 3. The van der Waals surface area contributed by atoms with Crippen LogP contribution in [0.15, 0.2) is 175 Å². The molecule has 2 aliphatic carbocycles. The fraction of sp³-hybridized carbons (Fsp3) is 0.420. The second-order valence-corrected chi connectivity index (χ2v) is 21.8. The molecule has 2 N–H and O–H groups in total. The van der Waals surface area contributed by atoms with Crippen molar-refractivity contribution in [3.63, 3.8) is 0 Å². The number of oxime groups is 1. The van der Waals surface area contributed by atoms with Crippen molar-refractivity contribution in [2.24, 2.45) is 22.9 Å². The number of carbonyl (C=O) groups excluding carboxylic acids is 1. The Bertz CT molecular complexity index is 2900. The van der Waals surface area contributed by atoms with Crippen molar-refractivity contribution in [2.75, 3.05) is 19.8 Å². The molecule has 9 nitrogen and oxygen atoms in total. The van der Waals surface area contributed by atoms with Crippen molar-refractivity contribution in [1.82, 2.24) is 4.90 Å². The Balaban J connectivity index is 1.18. The van der Waals surface area contributed by atoms with E-state index in [2.05, 4.69) is 97.3 Å². The van der Waals surface area contributed by atoms with Crippen LogP contribution in [-0.4, -0.2) is 58.4 Å². The van der Waals surface area contributed by atoms with Crippen LogP contribution in [0.4, 0.5) is 0 Å². The van der Waals surface area contributed by atoms with Gasteiger partial charge in [0, 0.05) is 44.1 Å². The second-order valence-electron chi connectivity index (χ2n) is 21.8. The third kappa shape index (κ3) is 13.7. The summed E-state index contributed by atoms with van der Waals surface area (Å²) >= 11 is 0. The Kier molecular flexibility index (Phi) is 20.5. The lowest BCUT2D eigenvalue weighted by atomic mass is 9.55. The first-order chi connectivity index (χ1) is 38.4. The fourth-order valence-corrected chi connectivity index (χ4v) is 12.7. The van der Waals surface area contributed by atoms with Gasteiger partial charge in [-0.05, 0) is 113 Å². The van der Waals surface area contributed by atoms with Crippen LogP contribution in [0, 0.1) is 17.8 Å². The van der Waals surface area contributed by atoms with Crippen molar-refractivity contribution in [1.29, 1.82) is 0 Å². The van der Waals surface area contributed by atoms with E-state index in [9.17, 15) is 10.2 Å². The molecular formula is C69H82N2O7. The van der Waals surface area contributed by atoms with Gasteiger partial charge in [0.25, 0.3) is 0 Å². The minimum absolute atomic E-state index is 0.0552. The molecule has 1 fully saturated rings. The zero-order chi connectivity index (χ0) is 53.9. The summed E-state index contributed by atoms with van der Waals surface area (Å²) in [6, 6.07) is 49.0. The van der Waals surface area contributed by atoms with Crippen LogP contribution < -0.4 is 9.47 Å². The average molecular weight is 1050 g/mol. The molecule has 78 heavy (non-hydrogen) atoms. The van der Waals surface area contributed by atoms with Gasteiger partial charge in [-0.15, -0.1) is 6.58 Å². The SMILES string of the molecule is C=CCO[C@@]12Oc3ccc(Oc4ccc(-c5ccccc5)cc4)cc3[C@H]3[C@H](CCCCO)[C@@H](CCCCO)C=C(C(=NOCc4ccccc4)C[C@@H]1N(Cc1cccc4ccccc14)C(=O)CCCCCCCCCCC)[C@H]32. The fourth-order valence-electron chi connectivity index (χ4n) is 12.7. The molecule has 6 atom stereocenters. The van der Waals surface area contributed by atoms with Gasteiger partial charge in [0.2, 0.25) is 11.7 Å². The monoisotopic (exact) mass is 1050 g/mol. The number of rotatable bonds is 30. The number of unbranched alkanes of at least 4 members (excludes halogenated alkanes) is 10. The smallest absolute Gasteiger partial charge is 0.239 e. The molecule has 1 heterocycles. The van der Waals surface area contributed by atoms with Crippen LogP contribution in [0.1, 0.15) is 139 Å². The minimum Gasteiger partial charge on any atom is -0.459 e. The molecular weight excluding hydrogens is 969 g/mol. The van der Waals surface area contributed by atoms with Crippen LogP contribution in [0.2, 0.25) is 0 Å². The topological polar surface area (TPSA) is 110 Å². The molecule has 0 unspecified atom stereocenters. The summed E-state index contributed by atoms with van der Waals surface area (Å²) < 4.78 is 21.9. The molecule has 0 spiro atoms. The number of aliphatic hydroxyl groups excluding tert-OH is 2. The van der Waals surface area contributed by atoms with Crippen molar-refractivity contribution < 1.29 is 34.1 Å². The van der Waals surface area contributed by atoms with E-state index in [-0.39, 0.29) is 50.1 Å². The summed E-state index contributed by atoms with van der Waals surface area (Å²) in [5.41, 5.74) is 7.09. The van der Waals surface area contributed by atoms with Crippen LogP contribution >= 0.6 is 0 Å². The zero-order valence-electron chi connectivity index (χ0n) is 46.0. The van der Waals surface area contributed by atoms with E-state index in [0.29, 0.717) is 43.7 Å². The summed E-state index contributed by atoms with van der Waals surface area (Å²) in [5.74, 6) is 0.257. The Morgan fingerprint density at radius 1 is 0.731 bits per heavy atom. The molecule has 0 bridgehead atoms. The van der Waals surface area contributed by atoms with Gasteiger partial charge >= 0.3 is 0 Å². The van der Waals surface area contributed by atoms with Gasteiger partial charge in [-0.2, -0.15) is 0 Å². The van der Waals surface area contributed by atoms with Crippen molar-refractivity contribution in [3.05, 3.63) is 187 Å². The highest BCUT2D eigenvalue weighted by atomic mass is 16.7. The molecule has 1 saturated carbocycles. The first-order valence-electron chi connectivity index (χ1n) is 29.3. The summed E-state index contributed by atoms with van der Waals surface area (Å²) in [6.07, 6.45) is 20.0. The van der Waals surface area contributed by atoms with E-state index in [0.717, 1.165) is 101 Å². The number of carbonyl (C=O) groups is 1. The molecule has 0 radical (unpaired) electrons. The normalized spacial score (nSPS) is 20.8. The molecule has 1 aliphatic heterocycles. The highest BCUT2D eigenvalue weighted by Gasteiger charge is 2.65. The molecule has 410 valence electrons. The first-order valence-corrected chi connectivity index (χ1v) is 29.3. The largest absolute Gasteiger partial charge is 0.459 e. The quantitative estimate of drug-likeness (QED) is 0.0263. The molecule has 0 aromatic heterocycles. The highest BCUT2D eigenvalue weighted by Crippen LogP contribution is 2.62. The number of nitrogens with zero attached hydrogens (tertiary/aromatic N) is 2. The van der Waals surface area contributed by atoms with Crippen LogP contribution in [0.3, 0.4) is 0 Å². The maximum absolute atomic E-state index is 15.7. The van der Waals surface area contributed by atoms with Crippen LogP contribution in [0.5, 0.6) is 17.2 Å². The molecule has 1 amide bonds. The van der Waals surface area contributed by atoms with Gasteiger partial charge in [0.15, 0.2) is 0 Å². The lowest BCUT2D eigenvalue weighted by molar-refractivity contribution is -0.258. The lowest BCUT2D eigenvalue weighted by Crippen LogP contribution is -2.70. The van der Waals surface area contributed by atoms with Gasteiger partial charge in [-0.1, -0.05) is 204 Å². The van der Waals surface area contributed by atoms with Gasteiger partial charge < -0.3 is 34.2 Å². The Labute approximate surface area is 464 Å². The zero-order valence-corrected chi connectivity index (χ0v) is 46.0. The number of hydrogen-bond donors (Lipinski definition) is 2. The van der Waals surface area contributed by atoms with E-state index in [4.69, 9.17) is 24.2 Å². The standard InChI is InChI=1S/C69H82N2O7/c1-3-5-6-7-8-9-10-11-18-36-66(74)71(49-56-33-25-32-54-30-19-20-34-59(54)56)65-48-63(70-76-50-51-26-14-12-15-27-51)61-46-55(31-21-23-43-72)60(35-22-24-44-73)67-62-47-58(41-42-64(62)78-69(65,68(61)67)75-45-4-2)77-57-39-37-53(38-40-57)52-28-16-13-17-29-52/h4,12-17,19-20,25-30,32-34,37-42,46-47,55,60,65,67-68,72-73H,2-3,5-11,18,21-24,31,35-36,43-45,48-50H2,1H3/t55-,60+,65-,67+,68+,69+/m0/s1. The lowest BCUT2D eigenvalue weighted by Gasteiger charge is -2.60. The van der Waals surface area contributed by atoms with Gasteiger partial charge in [0.1, 0.15) is 29.9 Å². The number of benzene rings is 6. The summed E-state index contributed by atoms with van der Waals surface area (Å²) in [5, 5.41) is 27.7. The van der Waals surface area contributed by atoms with E-state index < -0.39 is 17.7 Å². The summed E-state index contributed by atoms with van der Waals surface area (Å²) in [7, 11) is 0. The molecule has 6 aromatic rings. The number of allylic oxidation sites excluding steroid dienone is 1. The first kappa shape index (κ1) is 56.2. The summed E-state index contributed by atoms with van der Waals surface area (Å²) in [6.45, 7) is 7.47. The third-order valence-corrected chi connectivity index (χ3v) is 16.5. The van der Waals surface area contributed by atoms with Crippen LogP contribution in [0.25, 0.3) is 21.9 Å². The number of hydrogen-bond acceptors (Lipinski definition) is 8. The number of ether oxygens (including phenoxy) is 3. The highest BCUT2D eigenvalue weighted by molar-refractivity contribution is 6.03. The van der Waals surface area contributed by atoms with Gasteiger partial charge in [-0.25, -0.2) is 0 Å². The number of aliphatic hydroxyl groups is 2. The maximum Gasteiger partial charge on any atom is 0.239 e. The van der Waals surface area contributed by atoms with Gasteiger partial charge in [0.05, 0.1) is 18.2 Å². The Morgan fingerprint density at radius 2 is 1.40 bits per heavy atom. The number of amides is 1. The van der Waals surface area contributed by atoms with Gasteiger partial charge in [-0.3, -0.25) is 4.79 Å². The third-order valence-electron chi connectivity index (χ3n) is 16.5. The van der Waals surface area contributed by atoms with E-state index >= 15 is 4.79 Å². The van der Waals surface area contributed by atoms with Crippen molar-refractivity contribution >= 4 is 22.4 Å². The molecule has 0 saturated heterocycles. The predicted molar refractivity (Wildman–Crippen MR) is 314 cm³/mol. The van der Waals surface area contributed by atoms with E-state index in [1.165, 1.54) is 38.5 Å². The Hall–Kier alpha value is -6.52. The van der Waals surface area contributed by atoms with E-state index in [1.807, 2.05) is 72.8 Å². The van der Waals surface area contributed by atoms with Crippen molar-refractivity contribution in [3.8, 4) is 28.4 Å². The maximum atomic E-state index is 15.7. The second kappa shape index (κ2) is 28.4. The predicted octanol–water partition coefficient (Wildman–Crippen LogP) is 16.1.